The van der Waals surface area contributed by atoms with E-state index in [0.29, 0.717) is 26.3 Å². The maximum absolute atomic E-state index is 13.1. The third kappa shape index (κ3) is 3.49. The molecule has 0 aromatic heterocycles. The van der Waals surface area contributed by atoms with Crippen molar-refractivity contribution in [2.45, 2.75) is 6.61 Å². The van der Waals surface area contributed by atoms with Gasteiger partial charge in [0, 0.05) is 10.0 Å². The van der Waals surface area contributed by atoms with Gasteiger partial charge < -0.3 is 10.5 Å². The van der Waals surface area contributed by atoms with Crippen molar-refractivity contribution in [3.8, 4) is 0 Å². The lowest BCUT2D eigenvalue weighted by Gasteiger charge is -2.08. The minimum atomic E-state index is -0.551. The van der Waals surface area contributed by atoms with E-state index in [1.54, 1.807) is 6.07 Å². The van der Waals surface area contributed by atoms with Crippen molar-refractivity contribution in [1.82, 2.24) is 0 Å². The quantitative estimate of drug-likeness (QED) is 0.661. The molecule has 0 bridgehead atoms. The lowest BCUT2D eigenvalue weighted by molar-refractivity contribution is 0.0471. The molecule has 3 nitrogen and oxygen atoms in total. The van der Waals surface area contributed by atoms with Crippen molar-refractivity contribution in [3.63, 3.8) is 0 Å². The molecule has 0 aliphatic carbocycles. The fourth-order valence-corrected chi connectivity index (χ4v) is 2.03. The summed E-state index contributed by atoms with van der Waals surface area (Å²) in [5.41, 5.74) is 6.75. The van der Waals surface area contributed by atoms with Crippen molar-refractivity contribution >= 4 is 39.2 Å². The average molecular weight is 359 g/mol. The van der Waals surface area contributed by atoms with Crippen LogP contribution in [0.25, 0.3) is 0 Å². The maximum Gasteiger partial charge on any atom is 0.338 e. The molecule has 0 heterocycles. The van der Waals surface area contributed by atoms with Crippen molar-refractivity contribution in [1.29, 1.82) is 0 Å². The Hall–Kier alpha value is -1.59. The highest BCUT2D eigenvalue weighted by atomic mass is 79.9. The molecule has 0 atom stereocenters. The zero-order chi connectivity index (χ0) is 14.7. The molecule has 0 aliphatic rings. The Labute approximate surface area is 128 Å². The summed E-state index contributed by atoms with van der Waals surface area (Å²) in [5.74, 6) is -0.945. The SMILES string of the molecule is Nc1cc(C(=O)OCc2cc(F)ccc2Br)ccc1Cl. The van der Waals surface area contributed by atoms with Gasteiger partial charge in [0.25, 0.3) is 0 Å². The molecule has 20 heavy (non-hydrogen) atoms. The molecule has 0 spiro atoms. The van der Waals surface area contributed by atoms with Crippen LogP contribution in [0.15, 0.2) is 40.9 Å². The Morgan fingerprint density at radius 1 is 1.30 bits per heavy atom. The summed E-state index contributed by atoms with van der Waals surface area (Å²) in [6.45, 7) is -0.0420. The normalized spacial score (nSPS) is 10.3. The number of benzene rings is 2. The molecule has 2 N–H and O–H groups in total. The van der Waals surface area contributed by atoms with Crippen LogP contribution in [0.5, 0.6) is 0 Å². The Morgan fingerprint density at radius 2 is 2.05 bits per heavy atom. The largest absolute Gasteiger partial charge is 0.457 e. The summed E-state index contributed by atoms with van der Waals surface area (Å²) in [6.07, 6.45) is 0. The summed E-state index contributed by atoms with van der Waals surface area (Å²) in [5, 5.41) is 0.370. The van der Waals surface area contributed by atoms with E-state index >= 15 is 0 Å². The van der Waals surface area contributed by atoms with Crippen LogP contribution in [0.1, 0.15) is 15.9 Å². The van der Waals surface area contributed by atoms with Crippen molar-refractivity contribution < 1.29 is 13.9 Å². The fraction of sp³-hybridized carbons (Fsp3) is 0.0714. The van der Waals surface area contributed by atoms with E-state index in [0.717, 1.165) is 0 Å². The van der Waals surface area contributed by atoms with Crippen LogP contribution in [-0.4, -0.2) is 5.97 Å². The molecule has 0 unspecified atom stereocenters. The Balaban J connectivity index is 2.08. The minimum absolute atomic E-state index is 0.0420. The maximum atomic E-state index is 13.1. The van der Waals surface area contributed by atoms with Gasteiger partial charge in [-0.3, -0.25) is 0 Å². The van der Waals surface area contributed by atoms with E-state index in [9.17, 15) is 9.18 Å². The summed E-state index contributed by atoms with van der Waals surface area (Å²) in [6, 6.07) is 8.64. The minimum Gasteiger partial charge on any atom is -0.457 e. The monoisotopic (exact) mass is 357 g/mol. The molecular weight excluding hydrogens is 349 g/mol. The highest BCUT2D eigenvalue weighted by Crippen LogP contribution is 2.22. The van der Waals surface area contributed by atoms with E-state index in [1.165, 1.54) is 30.3 Å². The van der Waals surface area contributed by atoms with Gasteiger partial charge in [-0.05, 0) is 36.4 Å². The molecule has 0 radical (unpaired) electrons. The number of rotatable bonds is 3. The number of anilines is 1. The Morgan fingerprint density at radius 3 is 2.75 bits per heavy atom. The molecule has 0 saturated carbocycles. The molecule has 104 valence electrons. The highest BCUT2D eigenvalue weighted by Gasteiger charge is 2.10. The summed E-state index contributed by atoms with van der Waals surface area (Å²) < 4.78 is 18.9. The van der Waals surface area contributed by atoms with Crippen LogP contribution in [0.4, 0.5) is 10.1 Å². The van der Waals surface area contributed by atoms with Crippen molar-refractivity contribution in [3.05, 3.63) is 62.8 Å². The van der Waals surface area contributed by atoms with Crippen molar-refractivity contribution in [2.75, 3.05) is 5.73 Å². The molecular formula is C14H10BrClFNO2. The van der Waals surface area contributed by atoms with E-state index < -0.39 is 11.8 Å². The lowest BCUT2D eigenvalue weighted by atomic mass is 10.2. The van der Waals surface area contributed by atoms with Gasteiger partial charge in [0.15, 0.2) is 0 Å². The number of carbonyl (C=O) groups excluding carboxylic acids is 1. The second kappa shape index (κ2) is 6.24. The second-order valence-electron chi connectivity index (χ2n) is 4.05. The average Bonchev–Trinajstić information content (AvgIpc) is 2.42. The molecule has 0 aliphatic heterocycles. The zero-order valence-corrected chi connectivity index (χ0v) is 12.5. The number of nitrogens with two attached hydrogens (primary N) is 1. The van der Waals surface area contributed by atoms with E-state index in [1.807, 2.05) is 0 Å². The van der Waals surface area contributed by atoms with Gasteiger partial charge in [0.05, 0.1) is 16.3 Å². The van der Waals surface area contributed by atoms with Crippen LogP contribution >= 0.6 is 27.5 Å². The van der Waals surface area contributed by atoms with Gasteiger partial charge in [-0.15, -0.1) is 0 Å². The predicted molar refractivity (Wildman–Crippen MR) is 79.1 cm³/mol. The van der Waals surface area contributed by atoms with Crippen molar-refractivity contribution in [2.24, 2.45) is 0 Å². The first-order valence-corrected chi connectivity index (χ1v) is 6.80. The van der Waals surface area contributed by atoms with Crippen LogP contribution < -0.4 is 5.73 Å². The first-order valence-electron chi connectivity index (χ1n) is 5.63. The number of ether oxygens (including phenoxy) is 1. The third-order valence-corrected chi connectivity index (χ3v) is 3.72. The molecule has 2 aromatic rings. The number of halogens is 3. The smallest absolute Gasteiger partial charge is 0.338 e. The van der Waals surface area contributed by atoms with Crippen LogP contribution in [-0.2, 0) is 11.3 Å². The topological polar surface area (TPSA) is 52.3 Å². The lowest BCUT2D eigenvalue weighted by Crippen LogP contribution is -2.06. The first kappa shape index (κ1) is 14.8. The molecule has 0 saturated heterocycles. The van der Waals surface area contributed by atoms with Crippen LogP contribution in [0.3, 0.4) is 0 Å². The zero-order valence-electron chi connectivity index (χ0n) is 10.2. The number of esters is 1. The molecule has 6 heteroatoms. The molecule has 0 amide bonds. The summed E-state index contributed by atoms with van der Waals surface area (Å²) >= 11 is 9.03. The molecule has 2 aromatic carbocycles. The number of hydrogen-bond donors (Lipinski definition) is 1. The highest BCUT2D eigenvalue weighted by molar-refractivity contribution is 9.10. The van der Waals surface area contributed by atoms with Gasteiger partial charge in [-0.1, -0.05) is 27.5 Å². The van der Waals surface area contributed by atoms with E-state index in [-0.39, 0.29) is 6.61 Å². The number of hydrogen-bond acceptors (Lipinski definition) is 3. The predicted octanol–water partition coefficient (Wildman–Crippen LogP) is 4.18. The Kier molecular flexibility index (Phi) is 4.62. The molecule has 2 rings (SSSR count). The standard InChI is InChI=1S/C14H10BrClFNO2/c15-11-3-2-10(17)5-9(11)7-20-14(19)8-1-4-12(16)13(18)6-8/h1-6H,7,18H2. The van der Waals surface area contributed by atoms with Gasteiger partial charge in [-0.2, -0.15) is 0 Å². The van der Waals surface area contributed by atoms with E-state index in [2.05, 4.69) is 15.9 Å². The summed E-state index contributed by atoms with van der Waals surface area (Å²) in [4.78, 5) is 11.8. The van der Waals surface area contributed by atoms with E-state index in [4.69, 9.17) is 22.1 Å². The van der Waals surface area contributed by atoms with Gasteiger partial charge >= 0.3 is 5.97 Å². The van der Waals surface area contributed by atoms with Gasteiger partial charge in [0.1, 0.15) is 12.4 Å². The third-order valence-electron chi connectivity index (χ3n) is 2.60. The first-order chi connectivity index (χ1) is 9.47. The van der Waals surface area contributed by atoms with Crippen LogP contribution in [0.2, 0.25) is 5.02 Å². The molecule has 0 fully saturated rings. The van der Waals surface area contributed by atoms with Gasteiger partial charge in [-0.25, -0.2) is 9.18 Å². The van der Waals surface area contributed by atoms with Gasteiger partial charge in [0.2, 0.25) is 0 Å². The van der Waals surface area contributed by atoms with Crippen LogP contribution in [0, 0.1) is 5.82 Å². The summed E-state index contributed by atoms with van der Waals surface area (Å²) in [7, 11) is 0. The second-order valence-corrected chi connectivity index (χ2v) is 5.31. The number of carbonyl (C=O) groups is 1. The Bertz CT molecular complexity index is 664. The fourth-order valence-electron chi connectivity index (χ4n) is 1.55. The number of nitrogen functional groups attached to an aromatic ring is 1.